The van der Waals surface area contributed by atoms with Crippen molar-refractivity contribution >= 4 is 11.6 Å². The molecule has 6 heteroatoms. The van der Waals surface area contributed by atoms with Crippen molar-refractivity contribution < 1.29 is 9.32 Å². The third kappa shape index (κ3) is 2.96. The third-order valence-corrected chi connectivity index (χ3v) is 2.76. The first-order valence-corrected chi connectivity index (χ1v) is 6.15. The first-order chi connectivity index (χ1) is 8.97. The number of hydrogen-bond donors (Lipinski definition) is 2. The minimum Gasteiger partial charge on any atom is -0.397 e. The summed E-state index contributed by atoms with van der Waals surface area (Å²) in [4.78, 5) is 12.1. The maximum atomic E-state index is 12.1. The Morgan fingerprint density at radius 2 is 2.26 bits per heavy atom. The summed E-state index contributed by atoms with van der Waals surface area (Å²) in [7, 11) is 0. The van der Waals surface area contributed by atoms with Crippen molar-refractivity contribution in [3.8, 4) is 0 Å². The van der Waals surface area contributed by atoms with E-state index in [0.29, 0.717) is 23.7 Å². The molecule has 0 fully saturated rings. The average Bonchev–Trinajstić information content (AvgIpc) is 2.92. The fraction of sp³-hybridized carbons (Fsp3) is 0.385. The maximum Gasteiger partial charge on any atom is 0.268 e. The van der Waals surface area contributed by atoms with Crippen LogP contribution in [-0.4, -0.2) is 15.6 Å². The number of nitrogens with two attached hydrogens (primary N) is 1. The number of carbonyl (C=O) groups excluding carboxylic acids is 1. The number of carbonyl (C=O) groups is 1. The normalized spacial score (nSPS) is 10.9. The van der Waals surface area contributed by atoms with Gasteiger partial charge in [0.2, 0.25) is 0 Å². The fourth-order valence-electron chi connectivity index (χ4n) is 1.87. The molecule has 0 spiro atoms. The lowest BCUT2D eigenvalue weighted by atomic mass is 10.3. The lowest BCUT2D eigenvalue weighted by molar-refractivity contribution is 0.0936. The largest absolute Gasteiger partial charge is 0.397 e. The van der Waals surface area contributed by atoms with Gasteiger partial charge in [-0.05, 0) is 26.8 Å². The van der Waals surface area contributed by atoms with Crippen molar-refractivity contribution in [1.29, 1.82) is 0 Å². The van der Waals surface area contributed by atoms with E-state index in [2.05, 4.69) is 10.5 Å². The van der Waals surface area contributed by atoms with Gasteiger partial charge >= 0.3 is 0 Å². The zero-order chi connectivity index (χ0) is 14.0. The highest BCUT2D eigenvalue weighted by atomic mass is 16.5. The Morgan fingerprint density at radius 3 is 2.84 bits per heavy atom. The zero-order valence-corrected chi connectivity index (χ0v) is 11.3. The molecule has 6 nitrogen and oxygen atoms in total. The Labute approximate surface area is 111 Å². The van der Waals surface area contributed by atoms with Crippen molar-refractivity contribution in [2.75, 3.05) is 5.73 Å². The summed E-state index contributed by atoms with van der Waals surface area (Å²) in [6, 6.07) is 3.63. The summed E-state index contributed by atoms with van der Waals surface area (Å²) in [5.41, 5.74) is 7.65. The Balaban J connectivity index is 2.07. The molecule has 0 bridgehead atoms. The van der Waals surface area contributed by atoms with Crippen LogP contribution >= 0.6 is 0 Å². The Morgan fingerprint density at radius 1 is 1.53 bits per heavy atom. The Hall–Kier alpha value is -2.24. The van der Waals surface area contributed by atoms with Crippen LogP contribution in [0.3, 0.4) is 0 Å². The molecule has 0 aromatic carbocycles. The molecule has 2 rings (SSSR count). The molecule has 0 aliphatic heterocycles. The minimum absolute atomic E-state index is 0.172. The summed E-state index contributed by atoms with van der Waals surface area (Å²) in [5, 5.41) is 6.55. The van der Waals surface area contributed by atoms with Gasteiger partial charge in [-0.1, -0.05) is 5.16 Å². The van der Waals surface area contributed by atoms with Crippen LogP contribution in [0.25, 0.3) is 0 Å². The first kappa shape index (κ1) is 13.2. The number of aromatic nitrogens is 2. The van der Waals surface area contributed by atoms with E-state index in [-0.39, 0.29) is 11.9 Å². The Bertz CT molecular complexity index is 583. The van der Waals surface area contributed by atoms with Gasteiger partial charge in [-0.25, -0.2) is 0 Å². The van der Waals surface area contributed by atoms with Crippen LogP contribution in [0, 0.1) is 6.92 Å². The average molecular weight is 262 g/mol. The molecule has 102 valence electrons. The van der Waals surface area contributed by atoms with Gasteiger partial charge in [-0.15, -0.1) is 0 Å². The molecule has 2 heterocycles. The topological polar surface area (TPSA) is 86.1 Å². The second-order valence-corrected chi connectivity index (χ2v) is 4.78. The molecule has 0 unspecified atom stereocenters. The summed E-state index contributed by atoms with van der Waals surface area (Å²) < 4.78 is 6.88. The number of nitrogen functional groups attached to an aromatic ring is 1. The predicted octanol–water partition coefficient (Wildman–Crippen LogP) is 1.88. The Kier molecular flexibility index (Phi) is 3.59. The van der Waals surface area contributed by atoms with Gasteiger partial charge in [0.15, 0.2) is 5.76 Å². The van der Waals surface area contributed by atoms with Crippen LogP contribution < -0.4 is 11.1 Å². The number of rotatable bonds is 4. The standard InChI is InChI=1S/C13H18N4O2/c1-8(2)17-7-10(14)5-12(17)13(18)15-6-11-4-9(3)16-19-11/h4-5,7-8H,6,14H2,1-3H3,(H,15,18). The van der Waals surface area contributed by atoms with Gasteiger partial charge < -0.3 is 20.1 Å². The second kappa shape index (κ2) is 5.17. The summed E-state index contributed by atoms with van der Waals surface area (Å²) >= 11 is 0. The molecule has 3 N–H and O–H groups in total. The molecular weight excluding hydrogens is 244 g/mol. The van der Waals surface area contributed by atoms with Crippen LogP contribution in [0.15, 0.2) is 22.9 Å². The lowest BCUT2D eigenvalue weighted by Gasteiger charge is -2.12. The number of anilines is 1. The summed E-state index contributed by atoms with van der Waals surface area (Å²) in [6.45, 7) is 6.13. The SMILES string of the molecule is Cc1cc(CNC(=O)c2cc(N)cn2C(C)C)on1. The number of nitrogens with zero attached hydrogens (tertiary/aromatic N) is 2. The van der Waals surface area contributed by atoms with E-state index in [1.54, 1.807) is 18.3 Å². The molecule has 19 heavy (non-hydrogen) atoms. The molecule has 2 aromatic heterocycles. The van der Waals surface area contributed by atoms with Gasteiger partial charge in [-0.2, -0.15) is 0 Å². The van der Waals surface area contributed by atoms with E-state index in [1.807, 2.05) is 25.3 Å². The van der Waals surface area contributed by atoms with Crippen molar-refractivity contribution in [1.82, 2.24) is 15.0 Å². The highest BCUT2D eigenvalue weighted by Gasteiger charge is 2.15. The van der Waals surface area contributed by atoms with Crippen LogP contribution in [-0.2, 0) is 6.54 Å². The van der Waals surface area contributed by atoms with E-state index in [9.17, 15) is 4.79 Å². The van der Waals surface area contributed by atoms with Crippen molar-refractivity contribution in [3.63, 3.8) is 0 Å². The highest BCUT2D eigenvalue weighted by molar-refractivity contribution is 5.93. The quantitative estimate of drug-likeness (QED) is 0.880. The minimum atomic E-state index is -0.181. The highest BCUT2D eigenvalue weighted by Crippen LogP contribution is 2.16. The summed E-state index contributed by atoms with van der Waals surface area (Å²) in [6.07, 6.45) is 1.76. The molecule has 2 aromatic rings. The van der Waals surface area contributed by atoms with Gasteiger partial charge in [0.1, 0.15) is 5.69 Å². The number of nitrogens with one attached hydrogen (secondary N) is 1. The van der Waals surface area contributed by atoms with Gasteiger partial charge in [0.05, 0.1) is 17.9 Å². The van der Waals surface area contributed by atoms with E-state index >= 15 is 0 Å². The molecule has 0 aliphatic carbocycles. The molecular formula is C13H18N4O2. The van der Waals surface area contributed by atoms with Crippen molar-refractivity contribution in [3.05, 3.63) is 35.5 Å². The third-order valence-electron chi connectivity index (χ3n) is 2.76. The molecule has 0 aliphatic rings. The monoisotopic (exact) mass is 262 g/mol. The molecule has 0 saturated heterocycles. The van der Waals surface area contributed by atoms with Gasteiger partial charge in [-0.3, -0.25) is 4.79 Å². The fourth-order valence-corrected chi connectivity index (χ4v) is 1.87. The van der Waals surface area contributed by atoms with Crippen LogP contribution in [0.4, 0.5) is 5.69 Å². The maximum absolute atomic E-state index is 12.1. The van der Waals surface area contributed by atoms with Crippen LogP contribution in [0.1, 0.15) is 41.8 Å². The van der Waals surface area contributed by atoms with E-state index < -0.39 is 0 Å². The summed E-state index contributed by atoms with van der Waals surface area (Å²) in [5.74, 6) is 0.445. The van der Waals surface area contributed by atoms with E-state index in [0.717, 1.165) is 5.69 Å². The number of amides is 1. The van der Waals surface area contributed by atoms with E-state index in [1.165, 1.54) is 0 Å². The second-order valence-electron chi connectivity index (χ2n) is 4.78. The smallest absolute Gasteiger partial charge is 0.268 e. The first-order valence-electron chi connectivity index (χ1n) is 6.15. The molecule has 1 amide bonds. The number of hydrogen-bond acceptors (Lipinski definition) is 4. The predicted molar refractivity (Wildman–Crippen MR) is 71.6 cm³/mol. The van der Waals surface area contributed by atoms with Gasteiger partial charge in [0, 0.05) is 18.3 Å². The molecule has 0 atom stereocenters. The molecule has 0 radical (unpaired) electrons. The van der Waals surface area contributed by atoms with Gasteiger partial charge in [0.25, 0.3) is 5.91 Å². The van der Waals surface area contributed by atoms with Crippen LogP contribution in [0.5, 0.6) is 0 Å². The van der Waals surface area contributed by atoms with Crippen molar-refractivity contribution in [2.45, 2.75) is 33.4 Å². The molecule has 0 saturated carbocycles. The lowest BCUT2D eigenvalue weighted by Crippen LogP contribution is -2.25. The van der Waals surface area contributed by atoms with Crippen molar-refractivity contribution in [2.24, 2.45) is 0 Å². The number of aryl methyl sites for hydroxylation is 1. The van der Waals surface area contributed by atoms with E-state index in [4.69, 9.17) is 10.3 Å². The van der Waals surface area contributed by atoms with Crippen LogP contribution in [0.2, 0.25) is 0 Å². The zero-order valence-electron chi connectivity index (χ0n) is 11.3.